The summed E-state index contributed by atoms with van der Waals surface area (Å²) >= 11 is 1.42. The van der Waals surface area contributed by atoms with Gasteiger partial charge in [0.15, 0.2) is 0 Å². The first kappa shape index (κ1) is 34.2. The number of pyridine rings is 1. The maximum Gasteiger partial charge on any atom is 0.364 e. The van der Waals surface area contributed by atoms with Crippen LogP contribution in [-0.4, -0.2) is 45.7 Å². The van der Waals surface area contributed by atoms with Crippen LogP contribution in [0, 0.1) is 5.92 Å². The van der Waals surface area contributed by atoms with Crippen LogP contribution >= 0.6 is 19.3 Å². The molecule has 2 atom stereocenters. The number of nitrogens with zero attached hydrogens (tertiary/aromatic N) is 3. The lowest BCUT2D eigenvalue weighted by molar-refractivity contribution is -0.154. The molecule has 0 saturated heterocycles. The molecule has 252 valence electrons. The van der Waals surface area contributed by atoms with E-state index in [1.165, 1.54) is 16.2 Å². The molecule has 1 aliphatic rings. The standard InChI is InChI=1S/C38H39N4O5PS/c1-27(38(44)46-29-14-5-3-6-15-29)26-48(45,47-30-16-7-4-8-17-30)42-35-25-31(49-36-19-10-9-18-33(36)37(43)39-2)21-22-32(35)34(41-42)23-20-28-13-11-12-24-40-28/h4,7-13,16-25,27,29H,3,5-6,14-15,26H2,1-2H3,(H,39,43)/b23-20+/t27-,48?/m1/s1. The quantitative estimate of drug-likeness (QED) is 0.102. The van der Waals surface area contributed by atoms with Gasteiger partial charge in [-0.2, -0.15) is 9.55 Å². The minimum Gasteiger partial charge on any atom is -0.462 e. The van der Waals surface area contributed by atoms with Crippen molar-refractivity contribution in [3.8, 4) is 5.75 Å². The number of fused-ring (bicyclic) bond motifs is 1. The Balaban J connectivity index is 1.43. The van der Waals surface area contributed by atoms with E-state index in [9.17, 15) is 9.59 Å². The third-order valence-electron chi connectivity index (χ3n) is 8.37. The Morgan fingerprint density at radius 2 is 1.73 bits per heavy atom. The number of benzene rings is 3. The summed E-state index contributed by atoms with van der Waals surface area (Å²) in [6.07, 6.45) is 10.1. The van der Waals surface area contributed by atoms with Gasteiger partial charge in [-0.3, -0.25) is 19.1 Å². The van der Waals surface area contributed by atoms with Crippen molar-refractivity contribution in [3.63, 3.8) is 0 Å². The molecular weight excluding hydrogens is 655 g/mol. The van der Waals surface area contributed by atoms with E-state index in [1.807, 2.05) is 72.8 Å². The molecule has 0 radical (unpaired) electrons. The highest BCUT2D eigenvalue weighted by molar-refractivity contribution is 7.99. The van der Waals surface area contributed by atoms with E-state index in [2.05, 4.69) is 10.3 Å². The van der Waals surface area contributed by atoms with Crippen molar-refractivity contribution >= 4 is 54.2 Å². The molecule has 1 amide bonds. The van der Waals surface area contributed by atoms with Gasteiger partial charge in [0.25, 0.3) is 5.91 Å². The van der Waals surface area contributed by atoms with E-state index < -0.39 is 19.4 Å². The Morgan fingerprint density at radius 3 is 2.49 bits per heavy atom. The number of amides is 1. The van der Waals surface area contributed by atoms with Crippen molar-refractivity contribution in [3.05, 3.63) is 114 Å². The molecule has 0 aliphatic heterocycles. The predicted octanol–water partition coefficient (Wildman–Crippen LogP) is 8.74. The fourth-order valence-corrected chi connectivity index (χ4v) is 9.15. The number of carbonyl (C=O) groups is 2. The van der Waals surface area contributed by atoms with Crippen LogP contribution in [0.4, 0.5) is 0 Å². The van der Waals surface area contributed by atoms with Gasteiger partial charge >= 0.3 is 13.5 Å². The van der Waals surface area contributed by atoms with E-state index in [-0.39, 0.29) is 18.2 Å². The van der Waals surface area contributed by atoms with Crippen molar-refractivity contribution in [1.82, 2.24) is 19.9 Å². The van der Waals surface area contributed by atoms with Gasteiger partial charge in [-0.15, -0.1) is 0 Å². The molecule has 1 saturated carbocycles. The Kier molecular flexibility index (Phi) is 11.0. The summed E-state index contributed by atoms with van der Waals surface area (Å²) in [4.78, 5) is 32.0. The zero-order valence-corrected chi connectivity index (χ0v) is 29.2. The van der Waals surface area contributed by atoms with Gasteiger partial charge in [0.05, 0.1) is 34.5 Å². The highest BCUT2D eigenvalue weighted by atomic mass is 32.2. The molecule has 6 rings (SSSR count). The average molecular weight is 695 g/mol. The van der Waals surface area contributed by atoms with E-state index in [0.717, 1.165) is 53.0 Å². The van der Waals surface area contributed by atoms with Gasteiger partial charge in [-0.1, -0.05) is 61.5 Å². The van der Waals surface area contributed by atoms with Crippen molar-refractivity contribution in [1.29, 1.82) is 0 Å². The molecule has 1 unspecified atom stereocenters. The van der Waals surface area contributed by atoms with Gasteiger partial charge in [0.1, 0.15) is 11.9 Å². The Hall–Kier alpha value is -4.66. The minimum atomic E-state index is -3.93. The zero-order chi connectivity index (χ0) is 34.2. The second-order valence-corrected chi connectivity index (χ2v) is 15.4. The summed E-state index contributed by atoms with van der Waals surface area (Å²) in [5.74, 6) is -0.901. The molecule has 49 heavy (non-hydrogen) atoms. The third-order valence-corrected chi connectivity index (χ3v) is 11.8. The van der Waals surface area contributed by atoms with Crippen LogP contribution in [0.2, 0.25) is 0 Å². The number of carbonyl (C=O) groups excluding carboxylic acids is 2. The summed E-state index contributed by atoms with van der Waals surface area (Å²) in [6.45, 7) is 1.73. The lowest BCUT2D eigenvalue weighted by Crippen LogP contribution is -2.27. The van der Waals surface area contributed by atoms with Crippen molar-refractivity contribution in [2.45, 2.75) is 54.9 Å². The SMILES string of the molecule is CNC(=O)c1ccccc1Sc1ccc2c(/C=C/c3ccccn3)nn(P(=O)(C[C@@H](C)C(=O)OC3CCCCC3)Oc3ccccc3)c2c1. The highest BCUT2D eigenvalue weighted by Gasteiger charge is 2.37. The topological polar surface area (TPSA) is 112 Å². The fraction of sp³-hybridized carbons (Fsp3) is 0.263. The molecule has 2 heterocycles. The second kappa shape index (κ2) is 15.7. The normalized spacial score (nSPS) is 15.5. The Morgan fingerprint density at radius 1 is 0.980 bits per heavy atom. The number of aromatic nitrogens is 3. The molecule has 0 spiro atoms. The molecule has 1 N–H and O–H groups in total. The molecule has 1 aliphatic carbocycles. The van der Waals surface area contributed by atoms with E-state index in [4.69, 9.17) is 14.4 Å². The lowest BCUT2D eigenvalue weighted by atomic mass is 9.98. The summed E-state index contributed by atoms with van der Waals surface area (Å²) in [6, 6.07) is 27.7. The molecule has 3 aromatic carbocycles. The average Bonchev–Trinajstić information content (AvgIpc) is 3.50. The molecule has 1 fully saturated rings. The van der Waals surface area contributed by atoms with Gasteiger partial charge in [-0.25, -0.2) is 0 Å². The van der Waals surface area contributed by atoms with Gasteiger partial charge < -0.3 is 14.6 Å². The predicted molar refractivity (Wildman–Crippen MR) is 194 cm³/mol. The monoisotopic (exact) mass is 694 g/mol. The van der Waals surface area contributed by atoms with Gasteiger partial charge in [-0.05, 0) is 92.4 Å². The molecule has 2 aromatic heterocycles. The van der Waals surface area contributed by atoms with E-state index in [0.29, 0.717) is 22.5 Å². The molecular formula is C38H39N4O5PS. The summed E-state index contributed by atoms with van der Waals surface area (Å²) in [5.41, 5.74) is 2.42. The zero-order valence-electron chi connectivity index (χ0n) is 27.5. The summed E-state index contributed by atoms with van der Waals surface area (Å²) < 4.78 is 29.0. The Labute approximate surface area is 290 Å². The van der Waals surface area contributed by atoms with Crippen LogP contribution in [0.1, 0.15) is 60.8 Å². The summed E-state index contributed by atoms with van der Waals surface area (Å²) in [5, 5.41) is 8.34. The van der Waals surface area contributed by atoms with E-state index in [1.54, 1.807) is 50.5 Å². The number of hydrogen-bond acceptors (Lipinski definition) is 8. The number of ether oxygens (including phenoxy) is 1. The van der Waals surface area contributed by atoms with Gasteiger partial charge in [0.2, 0.25) is 0 Å². The summed E-state index contributed by atoms with van der Waals surface area (Å²) in [7, 11) is -2.33. The molecule has 5 aromatic rings. The lowest BCUT2D eigenvalue weighted by Gasteiger charge is -2.26. The number of esters is 1. The number of nitrogens with one attached hydrogen (secondary N) is 1. The number of rotatable bonds is 12. The maximum atomic E-state index is 15.3. The molecule has 0 bridgehead atoms. The maximum absolute atomic E-state index is 15.3. The molecule has 9 nitrogen and oxygen atoms in total. The third kappa shape index (κ3) is 8.32. The fourth-order valence-electron chi connectivity index (χ4n) is 5.85. The van der Waals surface area contributed by atoms with Gasteiger partial charge in [0, 0.05) is 28.4 Å². The van der Waals surface area contributed by atoms with Crippen LogP contribution < -0.4 is 9.84 Å². The van der Waals surface area contributed by atoms with Crippen molar-refractivity contribution in [2.75, 3.05) is 13.2 Å². The van der Waals surface area contributed by atoms with Crippen molar-refractivity contribution < 1.29 is 23.4 Å². The molecule has 11 heteroatoms. The first-order valence-corrected chi connectivity index (χ1v) is 19.1. The number of para-hydroxylation sites is 1. The van der Waals surface area contributed by atoms with Crippen LogP contribution in [0.25, 0.3) is 23.1 Å². The van der Waals surface area contributed by atoms with Crippen LogP contribution in [0.5, 0.6) is 5.75 Å². The second-order valence-electron chi connectivity index (χ2n) is 12.0. The first-order valence-electron chi connectivity index (χ1n) is 16.5. The first-order chi connectivity index (χ1) is 23.8. The van der Waals surface area contributed by atoms with Crippen LogP contribution in [0.3, 0.4) is 0 Å². The van der Waals surface area contributed by atoms with Crippen LogP contribution in [0.15, 0.2) is 107 Å². The highest BCUT2D eigenvalue weighted by Crippen LogP contribution is 2.52. The smallest absolute Gasteiger partial charge is 0.364 e. The Bertz CT molecular complexity index is 1990. The minimum absolute atomic E-state index is 0.121. The largest absolute Gasteiger partial charge is 0.462 e. The van der Waals surface area contributed by atoms with Crippen LogP contribution in [-0.2, 0) is 14.1 Å². The number of hydrogen-bond donors (Lipinski definition) is 1. The van der Waals surface area contributed by atoms with E-state index >= 15 is 4.57 Å². The van der Waals surface area contributed by atoms with Crippen molar-refractivity contribution in [2.24, 2.45) is 5.92 Å².